The number of aliphatic hydroxyl groups excluding tert-OH is 2. The molecule has 7 heterocycles. The summed E-state index contributed by atoms with van der Waals surface area (Å²) < 4.78 is 79.9. The first-order chi connectivity index (χ1) is 57.9. The number of aliphatic hydroxyl groups is 3. The predicted octanol–water partition coefficient (Wildman–Crippen LogP) is 9.65. The minimum absolute atomic E-state index is 0.0221. The van der Waals surface area contributed by atoms with Gasteiger partial charge in [0.2, 0.25) is 5.79 Å². The first kappa shape index (κ1) is 96.0. The van der Waals surface area contributed by atoms with Crippen molar-refractivity contribution in [2.45, 2.75) is 238 Å². The van der Waals surface area contributed by atoms with Crippen molar-refractivity contribution in [2.24, 2.45) is 40.7 Å². The molecule has 7 N–H and O–H groups in total. The number of hydrogen-bond donors (Lipinski definition) is 5. The number of ketones is 2. The molecule has 3 aliphatic heterocycles. The lowest BCUT2D eigenvalue weighted by atomic mass is 9.78. The Morgan fingerprint density at radius 3 is 2.15 bits per heavy atom. The van der Waals surface area contributed by atoms with Crippen LogP contribution in [0.15, 0.2) is 87.9 Å². The topological polar surface area (TPSA) is 417 Å². The number of cyclic esters (lactones) is 1. The van der Waals surface area contributed by atoms with E-state index in [0.717, 1.165) is 36.8 Å². The minimum Gasteiger partial charge on any atom is -0.460 e. The number of Topliss-reactive ketones (excluding diaryl/α,β-unsaturated/α-hetero) is 2. The molecule has 33 heteroatoms. The smallest absolute Gasteiger partial charge is 0.329 e. The molecule has 1 amide bonds. The highest BCUT2D eigenvalue weighted by atomic mass is 16.6. The van der Waals surface area contributed by atoms with Crippen molar-refractivity contribution in [3.8, 4) is 11.3 Å². The number of unbranched alkanes of at least 4 members (excludes halogenated alkanes) is 2. The van der Waals surface area contributed by atoms with E-state index in [9.17, 15) is 34.5 Å². The van der Waals surface area contributed by atoms with Crippen LogP contribution in [0.3, 0.4) is 0 Å². The number of rotatable bonds is 38. The lowest BCUT2D eigenvalue weighted by molar-refractivity contribution is -0.265. The average Bonchev–Trinajstić information content (AvgIpc) is 1.54. The first-order valence-corrected chi connectivity index (χ1v) is 42.8. The first-order valence-electron chi connectivity index (χ1n) is 42.8. The minimum atomic E-state index is -2.44. The number of piperidine rings is 1. The number of nitrogen functional groups attached to an aromatic ring is 2. The summed E-state index contributed by atoms with van der Waals surface area (Å²) in [6.45, 7) is 19.3. The Morgan fingerprint density at radius 2 is 1.45 bits per heavy atom. The highest BCUT2D eigenvalue weighted by molar-refractivity contribution is 6.39. The van der Waals surface area contributed by atoms with Gasteiger partial charge in [0.05, 0.1) is 134 Å². The molecule has 1 aromatic carbocycles. The van der Waals surface area contributed by atoms with Crippen LogP contribution >= 0.6 is 0 Å². The number of methoxy groups -OCH3 is 4. The number of nitrogens with zero attached hydrogens (tertiary/aromatic N) is 10. The number of allylic oxidation sites excluding steroid dienone is 5. The molecule has 3 fully saturated rings. The molecule has 1 aliphatic carbocycles. The SMILES string of the molecule is CO[C@H]1C[C@@H]2CC[C@@H](C)[C@@](O)(O2)C(=O)C(=O)N2CCCC[C@H]2C(=O)O[C@H]([C@H](C)C[C@@H]2CC[C@@H](O)[C@H](OC)C2)C[C@@H](OC)[C@H](C)/C=C(\C)[C@@H](O)[C@@H](OC)/C(=N/OCc2cn(CCOCCOCCOCCOCCOCCOCCC(=O)CCCCCn3nc(-c4ccc5oc(N)nc5c4)c4c(N)ncnc43)nn2)[C@H](C)C[C@H](C)/C=C/C=C/C=C/1C. The van der Waals surface area contributed by atoms with Crippen LogP contribution in [0, 0.1) is 35.5 Å². The molecule has 4 aromatic heterocycles. The van der Waals surface area contributed by atoms with Gasteiger partial charge in [-0.2, -0.15) is 10.1 Å². The van der Waals surface area contributed by atoms with E-state index in [-0.39, 0.29) is 73.5 Å². The highest BCUT2D eigenvalue weighted by Gasteiger charge is 2.53. The maximum Gasteiger partial charge on any atom is 0.329 e. The summed E-state index contributed by atoms with van der Waals surface area (Å²) in [6, 6.07) is 4.50. The number of ether oxygens (including phenoxy) is 12. The second-order valence-corrected chi connectivity index (χ2v) is 32.4. The van der Waals surface area contributed by atoms with Crippen LogP contribution in [-0.2, 0) is 101 Å². The van der Waals surface area contributed by atoms with Gasteiger partial charge in [-0.1, -0.05) is 87.9 Å². The van der Waals surface area contributed by atoms with Gasteiger partial charge in [-0.3, -0.25) is 14.4 Å². The largest absolute Gasteiger partial charge is 0.460 e. The third kappa shape index (κ3) is 28.3. The Bertz CT molecular complexity index is 4150. The summed E-state index contributed by atoms with van der Waals surface area (Å²) in [4.78, 5) is 76.8. The number of oxime groups is 1. The molecule has 666 valence electrons. The summed E-state index contributed by atoms with van der Waals surface area (Å²) in [7, 11) is 6.32. The number of hydrogen-bond acceptors (Lipinski definition) is 30. The Hall–Kier alpha value is -7.87. The van der Waals surface area contributed by atoms with Crippen LogP contribution in [0.4, 0.5) is 11.8 Å². The maximum absolute atomic E-state index is 14.9. The van der Waals surface area contributed by atoms with Crippen molar-refractivity contribution in [3.05, 3.63) is 84.0 Å². The number of esters is 1. The Labute approximate surface area is 704 Å². The molecule has 2 saturated heterocycles. The normalized spacial score (nSPS) is 28.3. The van der Waals surface area contributed by atoms with Crippen molar-refractivity contribution in [1.82, 2.24) is 44.6 Å². The monoisotopic (exact) mass is 1680 g/mol. The molecule has 16 atom stereocenters. The summed E-state index contributed by atoms with van der Waals surface area (Å²) in [5.74, 6) is -6.14. The van der Waals surface area contributed by atoms with E-state index in [2.05, 4.69) is 38.3 Å². The van der Waals surface area contributed by atoms with Crippen LogP contribution < -0.4 is 11.5 Å². The van der Waals surface area contributed by atoms with Gasteiger partial charge in [-0.15, -0.1) is 5.10 Å². The summed E-state index contributed by atoms with van der Waals surface area (Å²) in [5.41, 5.74) is 17.8. The third-order valence-corrected chi connectivity index (χ3v) is 23.3. The van der Waals surface area contributed by atoms with E-state index in [1.807, 2.05) is 81.8 Å². The van der Waals surface area contributed by atoms with Crippen molar-refractivity contribution >= 4 is 63.1 Å². The number of anilines is 2. The van der Waals surface area contributed by atoms with Crippen LogP contribution in [0.2, 0.25) is 0 Å². The molecule has 33 nitrogen and oxygen atoms in total. The van der Waals surface area contributed by atoms with Crippen LogP contribution in [0.5, 0.6) is 0 Å². The van der Waals surface area contributed by atoms with Gasteiger partial charge >= 0.3 is 5.97 Å². The molecule has 2 bridgehead atoms. The average molecular weight is 1680 g/mol. The number of aryl methyl sites for hydroxylation is 1. The Kier molecular flexibility index (Phi) is 39.5. The van der Waals surface area contributed by atoms with Gasteiger partial charge in [-0.25, -0.2) is 24.1 Å². The van der Waals surface area contributed by atoms with Crippen LogP contribution in [0.1, 0.15) is 163 Å². The molecule has 4 aliphatic rings. The van der Waals surface area contributed by atoms with Crippen LogP contribution in [0.25, 0.3) is 33.4 Å². The van der Waals surface area contributed by atoms with Gasteiger partial charge in [0.25, 0.3) is 17.7 Å². The fourth-order valence-electron chi connectivity index (χ4n) is 16.3. The maximum atomic E-state index is 14.9. The van der Waals surface area contributed by atoms with Gasteiger partial charge < -0.3 is 97.8 Å². The highest BCUT2D eigenvalue weighted by Crippen LogP contribution is 2.40. The van der Waals surface area contributed by atoms with Crippen molar-refractivity contribution < 1.29 is 101 Å². The second-order valence-electron chi connectivity index (χ2n) is 32.4. The summed E-state index contributed by atoms with van der Waals surface area (Å²) >= 11 is 0. The predicted molar refractivity (Wildman–Crippen MR) is 448 cm³/mol. The van der Waals surface area contributed by atoms with Gasteiger partial charge in [0.15, 0.2) is 17.8 Å². The van der Waals surface area contributed by atoms with Gasteiger partial charge in [0, 0.05) is 90.5 Å². The molecule has 0 unspecified atom stereocenters. The third-order valence-electron chi connectivity index (χ3n) is 23.3. The second kappa shape index (κ2) is 49.4. The number of oxazole rings is 1. The van der Waals surface area contributed by atoms with E-state index < -0.39 is 78.1 Å². The van der Waals surface area contributed by atoms with E-state index in [1.165, 1.54) is 18.3 Å². The molecular formula is C87H132N12O21. The fourth-order valence-corrected chi connectivity index (χ4v) is 16.3. The quantitative estimate of drug-likeness (QED) is 0.00806. The zero-order chi connectivity index (χ0) is 86.1. The molecule has 120 heavy (non-hydrogen) atoms. The van der Waals surface area contributed by atoms with Crippen LogP contribution in [-0.4, -0.2) is 264 Å². The summed E-state index contributed by atoms with van der Waals surface area (Å²) in [6.07, 6.45) is 18.8. The molecular weight excluding hydrogens is 1550 g/mol. The number of benzene rings is 1. The lowest BCUT2D eigenvalue weighted by Gasteiger charge is -2.43. The van der Waals surface area contributed by atoms with Gasteiger partial charge in [0.1, 0.15) is 59.2 Å². The van der Waals surface area contributed by atoms with Crippen molar-refractivity contribution in [2.75, 3.05) is 126 Å². The van der Waals surface area contributed by atoms with E-state index >= 15 is 0 Å². The zero-order valence-electron chi connectivity index (χ0n) is 72.2. The summed E-state index contributed by atoms with van der Waals surface area (Å²) in [5, 5.41) is 54.2. The number of carbonyl (C=O) groups excluding carboxylic acids is 4. The Morgan fingerprint density at radius 1 is 0.742 bits per heavy atom. The fraction of sp³-hybridized carbons (Fsp3) is 0.690. The van der Waals surface area contributed by atoms with E-state index in [0.29, 0.717) is 214 Å². The van der Waals surface area contributed by atoms with Crippen molar-refractivity contribution in [3.63, 3.8) is 0 Å². The lowest BCUT2D eigenvalue weighted by Crippen LogP contribution is -2.61. The number of aromatic nitrogens is 8. The molecule has 0 spiro atoms. The molecule has 5 aromatic rings. The zero-order valence-corrected chi connectivity index (χ0v) is 72.2. The molecule has 9 rings (SSSR count). The van der Waals surface area contributed by atoms with E-state index in [4.69, 9.17) is 87.8 Å². The Balaban J connectivity index is 0.691. The molecule has 1 saturated carbocycles. The van der Waals surface area contributed by atoms with Crippen molar-refractivity contribution in [1.29, 1.82) is 0 Å². The number of carbonyl (C=O) groups is 4. The number of nitrogens with two attached hydrogens (primary N) is 2. The van der Waals surface area contributed by atoms with Gasteiger partial charge in [-0.05, 0) is 138 Å². The van der Waals surface area contributed by atoms with E-state index in [1.54, 1.807) is 45.2 Å². The molecule has 0 radical (unpaired) electrons. The number of fused-ring (bicyclic) bond motifs is 5. The number of amides is 1. The standard InChI is InChI=1S/C87H132N12O21/c1-56-20-14-12-15-21-57(2)72(107-8)51-67-27-24-62(7)87(106,120-67)81(103)84(104)98-31-19-17-23-69(98)85(105)118-74(59(4)48-63-25-28-70(101)75(49-63)109-10)52-73(108-9)58(3)47-61(6)79(102)80(110-11)77(60(5)46-56)95-117-54-65-53-97(96-93-65)33-35-112-37-39-114-41-43-116-45-44-115-42-40-113-38-36-111-34-30-66(100)22-16-13-18-32-99-83-76(82(88)90-55-91-83)78(94-99)64-26-29-71-68(50-64)92-86(89)119-71/h12,14-15,20-21,26,29,47,50,53,55-56,58-60,62-63,67,69-70,72-75,79-80,101-102,106H,13,16-19,22-25,27-28,30-46,48-49,51-52,54H2,1-11H3,(H2,89,92)(H2,88,90,91)/b15-12+,20-14+,57-21+,61-47+,95-77+/t56-,58-,59-,60-,62-,63+,67+,69+,70-,72+,73-,74+,75-,79-,80+,87-/m1/s1.